The Morgan fingerprint density at radius 3 is 2.88 bits per heavy atom. The molecule has 1 N–H and O–H groups in total. The van der Waals surface area contributed by atoms with Crippen molar-refractivity contribution in [3.8, 4) is 0 Å². The molecule has 84 valence electrons. The molecular formula is C13H14ClNO. The van der Waals surface area contributed by atoms with Gasteiger partial charge in [0, 0.05) is 16.6 Å². The second-order valence-electron chi connectivity index (χ2n) is 3.97. The van der Waals surface area contributed by atoms with Crippen molar-refractivity contribution in [2.24, 2.45) is 0 Å². The van der Waals surface area contributed by atoms with Crippen LogP contribution in [0.3, 0.4) is 0 Å². The Morgan fingerprint density at radius 1 is 1.50 bits per heavy atom. The van der Waals surface area contributed by atoms with Gasteiger partial charge < -0.3 is 5.32 Å². The van der Waals surface area contributed by atoms with Crippen LogP contribution in [0.15, 0.2) is 29.8 Å². The molecule has 3 heteroatoms. The van der Waals surface area contributed by atoms with E-state index in [2.05, 4.69) is 12.2 Å². The highest BCUT2D eigenvalue weighted by atomic mass is 35.5. The van der Waals surface area contributed by atoms with Gasteiger partial charge >= 0.3 is 0 Å². The molecule has 0 spiro atoms. The molecule has 0 bridgehead atoms. The van der Waals surface area contributed by atoms with Crippen molar-refractivity contribution in [2.45, 2.75) is 25.8 Å². The Balaban J connectivity index is 2.25. The average molecular weight is 236 g/mol. The average Bonchev–Trinajstić information content (AvgIpc) is 2.63. The maximum atomic E-state index is 11.6. The number of rotatable bonds is 2. The van der Waals surface area contributed by atoms with Gasteiger partial charge in [0.05, 0.1) is 0 Å². The number of amides is 1. The van der Waals surface area contributed by atoms with Crippen LogP contribution in [0.2, 0.25) is 5.02 Å². The third-order valence-electron chi connectivity index (χ3n) is 2.82. The smallest absolute Gasteiger partial charge is 0.247 e. The van der Waals surface area contributed by atoms with Crippen LogP contribution < -0.4 is 5.32 Å². The van der Waals surface area contributed by atoms with Gasteiger partial charge in [-0.15, -0.1) is 0 Å². The molecule has 1 fully saturated rings. The molecule has 1 unspecified atom stereocenters. The number of hydrogen-bond donors (Lipinski definition) is 1. The van der Waals surface area contributed by atoms with E-state index in [1.165, 1.54) is 0 Å². The van der Waals surface area contributed by atoms with Crippen molar-refractivity contribution in [2.75, 3.05) is 0 Å². The van der Waals surface area contributed by atoms with E-state index in [1.807, 2.05) is 30.3 Å². The van der Waals surface area contributed by atoms with Gasteiger partial charge in [0.2, 0.25) is 5.91 Å². The predicted molar refractivity (Wildman–Crippen MR) is 66.3 cm³/mol. The summed E-state index contributed by atoms with van der Waals surface area (Å²) in [6, 6.07) is 7.83. The van der Waals surface area contributed by atoms with Crippen LogP contribution in [0.5, 0.6) is 0 Å². The number of hydrogen-bond acceptors (Lipinski definition) is 1. The Labute approximate surface area is 100 Å². The molecule has 16 heavy (non-hydrogen) atoms. The highest BCUT2D eigenvalue weighted by Gasteiger charge is 2.24. The first kappa shape index (κ1) is 11.2. The number of nitrogens with one attached hydrogen (secondary N) is 1. The van der Waals surface area contributed by atoms with Crippen LogP contribution in [0.4, 0.5) is 0 Å². The topological polar surface area (TPSA) is 29.1 Å². The minimum Gasteiger partial charge on any atom is -0.349 e. The highest BCUT2D eigenvalue weighted by Crippen LogP contribution is 2.23. The van der Waals surface area contributed by atoms with Crippen molar-refractivity contribution < 1.29 is 4.79 Å². The van der Waals surface area contributed by atoms with E-state index in [-0.39, 0.29) is 11.9 Å². The largest absolute Gasteiger partial charge is 0.349 e. The van der Waals surface area contributed by atoms with Gasteiger partial charge in [-0.1, -0.05) is 36.7 Å². The molecule has 0 aliphatic carbocycles. The molecule has 1 saturated heterocycles. The summed E-state index contributed by atoms with van der Waals surface area (Å²) in [5, 5.41) is 3.63. The minimum atomic E-state index is 0.0340. The van der Waals surface area contributed by atoms with Crippen molar-refractivity contribution in [3.63, 3.8) is 0 Å². The second kappa shape index (κ2) is 4.71. The van der Waals surface area contributed by atoms with Crippen LogP contribution >= 0.6 is 11.6 Å². The zero-order chi connectivity index (χ0) is 11.5. The van der Waals surface area contributed by atoms with Gasteiger partial charge in [0.25, 0.3) is 0 Å². The monoisotopic (exact) mass is 235 g/mol. The standard InChI is InChI=1S/C13H14ClNO/c1-2-11-8-10(13(16)15-11)7-9-5-3-4-6-12(9)14/h3-7,11H,2,8H2,1H3,(H,15,16)/b10-7+. The van der Waals surface area contributed by atoms with E-state index < -0.39 is 0 Å². The summed E-state index contributed by atoms with van der Waals surface area (Å²) >= 11 is 6.04. The maximum absolute atomic E-state index is 11.6. The fraction of sp³-hybridized carbons (Fsp3) is 0.308. The van der Waals surface area contributed by atoms with Crippen LogP contribution in [0.1, 0.15) is 25.3 Å². The van der Waals surface area contributed by atoms with Crippen molar-refractivity contribution in [3.05, 3.63) is 40.4 Å². The maximum Gasteiger partial charge on any atom is 0.247 e. The van der Waals surface area contributed by atoms with Gasteiger partial charge in [-0.25, -0.2) is 0 Å². The normalized spacial score (nSPS) is 22.5. The first-order chi connectivity index (χ1) is 7.70. The van der Waals surface area contributed by atoms with Crippen molar-refractivity contribution in [1.82, 2.24) is 5.32 Å². The van der Waals surface area contributed by atoms with Gasteiger partial charge in [-0.05, 0) is 30.5 Å². The highest BCUT2D eigenvalue weighted by molar-refractivity contribution is 6.32. The summed E-state index contributed by atoms with van der Waals surface area (Å²) in [5.41, 5.74) is 1.73. The summed E-state index contributed by atoms with van der Waals surface area (Å²) in [6.45, 7) is 2.07. The molecule has 2 rings (SSSR count). The predicted octanol–water partition coefficient (Wildman–Crippen LogP) is 3.02. The van der Waals surface area contributed by atoms with Gasteiger partial charge in [0.15, 0.2) is 0 Å². The summed E-state index contributed by atoms with van der Waals surface area (Å²) in [5.74, 6) is 0.0340. The lowest BCUT2D eigenvalue weighted by Gasteiger charge is -2.02. The van der Waals surface area contributed by atoms with Gasteiger partial charge in [0.1, 0.15) is 0 Å². The Hall–Kier alpha value is -1.28. The van der Waals surface area contributed by atoms with E-state index in [0.29, 0.717) is 5.02 Å². The molecular weight excluding hydrogens is 222 g/mol. The zero-order valence-electron chi connectivity index (χ0n) is 9.16. The minimum absolute atomic E-state index is 0.0340. The van der Waals surface area contributed by atoms with E-state index in [4.69, 9.17) is 11.6 Å². The molecule has 1 atom stereocenters. The molecule has 1 aliphatic rings. The van der Waals surface area contributed by atoms with E-state index in [0.717, 1.165) is 24.0 Å². The van der Waals surface area contributed by atoms with E-state index in [9.17, 15) is 4.79 Å². The van der Waals surface area contributed by atoms with Gasteiger partial charge in [-0.3, -0.25) is 4.79 Å². The molecule has 1 heterocycles. The van der Waals surface area contributed by atoms with Crippen molar-refractivity contribution in [1.29, 1.82) is 0 Å². The first-order valence-corrected chi connectivity index (χ1v) is 5.84. The van der Waals surface area contributed by atoms with Gasteiger partial charge in [-0.2, -0.15) is 0 Å². The molecule has 1 amide bonds. The van der Waals surface area contributed by atoms with Crippen molar-refractivity contribution >= 4 is 23.6 Å². The van der Waals surface area contributed by atoms with Crippen LogP contribution in [0, 0.1) is 0 Å². The fourth-order valence-electron chi connectivity index (χ4n) is 1.84. The lowest BCUT2D eigenvalue weighted by molar-refractivity contribution is -0.116. The summed E-state index contributed by atoms with van der Waals surface area (Å²) in [4.78, 5) is 11.6. The summed E-state index contributed by atoms with van der Waals surface area (Å²) < 4.78 is 0. The molecule has 2 nitrogen and oxygen atoms in total. The number of halogens is 1. The third-order valence-corrected chi connectivity index (χ3v) is 3.17. The quantitative estimate of drug-likeness (QED) is 0.785. The van der Waals surface area contributed by atoms with Crippen LogP contribution in [0.25, 0.3) is 6.08 Å². The Kier molecular flexibility index (Phi) is 3.30. The molecule has 0 radical (unpaired) electrons. The summed E-state index contributed by atoms with van der Waals surface area (Å²) in [7, 11) is 0. The number of carbonyl (C=O) groups excluding carboxylic acids is 1. The zero-order valence-corrected chi connectivity index (χ0v) is 9.92. The summed E-state index contributed by atoms with van der Waals surface area (Å²) in [6.07, 6.45) is 3.64. The lowest BCUT2D eigenvalue weighted by atomic mass is 10.1. The molecule has 1 aromatic carbocycles. The van der Waals surface area contributed by atoms with E-state index in [1.54, 1.807) is 0 Å². The lowest BCUT2D eigenvalue weighted by Crippen LogP contribution is -2.24. The Bertz CT molecular complexity index is 439. The molecule has 0 aromatic heterocycles. The van der Waals surface area contributed by atoms with Crippen LogP contribution in [-0.2, 0) is 4.79 Å². The third kappa shape index (κ3) is 2.27. The number of carbonyl (C=O) groups is 1. The number of benzene rings is 1. The second-order valence-corrected chi connectivity index (χ2v) is 4.38. The van der Waals surface area contributed by atoms with Crippen LogP contribution in [-0.4, -0.2) is 11.9 Å². The first-order valence-electron chi connectivity index (χ1n) is 5.46. The Morgan fingerprint density at radius 2 is 2.25 bits per heavy atom. The molecule has 1 aliphatic heterocycles. The SMILES string of the molecule is CCC1C/C(=C\c2ccccc2Cl)C(=O)N1. The fourth-order valence-corrected chi connectivity index (χ4v) is 2.03. The van der Waals surface area contributed by atoms with E-state index >= 15 is 0 Å². The molecule has 0 saturated carbocycles. The molecule has 1 aromatic rings.